The molecule has 2 N–H and O–H groups in total. The number of fused-ring (bicyclic) bond motifs is 3. The summed E-state index contributed by atoms with van der Waals surface area (Å²) in [5, 5.41) is 2.27. The Morgan fingerprint density at radius 1 is 1.13 bits per heavy atom. The average Bonchev–Trinajstić information content (AvgIpc) is 2.72. The molecular weight excluding hydrogens is 188 g/mol. The Balaban J connectivity index is 2.65. The summed E-state index contributed by atoms with van der Waals surface area (Å²) in [6.07, 6.45) is 0. The van der Waals surface area contributed by atoms with Crippen molar-refractivity contribution in [1.29, 1.82) is 0 Å². The normalized spacial score (nSPS) is 11.6. The molecule has 0 saturated carbocycles. The molecule has 3 heteroatoms. The van der Waals surface area contributed by atoms with E-state index in [1.165, 1.54) is 0 Å². The van der Waals surface area contributed by atoms with Crippen molar-refractivity contribution in [2.45, 2.75) is 13.8 Å². The first-order valence-corrected chi connectivity index (χ1v) is 4.94. The van der Waals surface area contributed by atoms with Crippen molar-refractivity contribution in [1.82, 2.24) is 4.68 Å². The van der Waals surface area contributed by atoms with E-state index in [9.17, 15) is 0 Å². The van der Waals surface area contributed by atoms with Gasteiger partial charge < -0.3 is 10.3 Å². The van der Waals surface area contributed by atoms with Crippen LogP contribution in [-0.4, -0.2) is 4.68 Å². The molecule has 0 aliphatic carbocycles. The molecule has 15 heavy (non-hydrogen) atoms. The van der Waals surface area contributed by atoms with Crippen molar-refractivity contribution in [2.24, 2.45) is 0 Å². The van der Waals surface area contributed by atoms with Gasteiger partial charge in [-0.15, -0.1) is 0 Å². The zero-order valence-corrected chi connectivity index (χ0v) is 8.74. The Morgan fingerprint density at radius 2 is 1.87 bits per heavy atom. The molecule has 0 aliphatic heterocycles. The SMILES string of the molecule is Cc1c2oc3ccccc3c2c(C)n1N. The molecule has 2 aromatic heterocycles. The van der Waals surface area contributed by atoms with Crippen molar-refractivity contribution < 1.29 is 4.42 Å². The highest BCUT2D eigenvalue weighted by molar-refractivity contribution is 6.07. The number of hydrogen-bond donors (Lipinski definition) is 1. The zero-order chi connectivity index (χ0) is 10.6. The van der Waals surface area contributed by atoms with Gasteiger partial charge in [-0.25, -0.2) is 0 Å². The minimum Gasteiger partial charge on any atom is -0.454 e. The van der Waals surface area contributed by atoms with Gasteiger partial charge in [0.1, 0.15) is 5.58 Å². The van der Waals surface area contributed by atoms with E-state index >= 15 is 0 Å². The predicted molar refractivity (Wildman–Crippen MR) is 61.3 cm³/mol. The van der Waals surface area contributed by atoms with Crippen LogP contribution in [0, 0.1) is 13.8 Å². The van der Waals surface area contributed by atoms with Gasteiger partial charge in [-0.05, 0) is 19.9 Å². The first kappa shape index (κ1) is 8.41. The molecule has 3 aromatic rings. The zero-order valence-electron chi connectivity index (χ0n) is 8.74. The van der Waals surface area contributed by atoms with Gasteiger partial charge >= 0.3 is 0 Å². The molecular formula is C12H12N2O. The third kappa shape index (κ3) is 0.897. The minimum absolute atomic E-state index is 0.899. The first-order valence-electron chi connectivity index (χ1n) is 4.94. The Bertz CT molecular complexity index is 661. The number of hydrogen-bond acceptors (Lipinski definition) is 2. The summed E-state index contributed by atoms with van der Waals surface area (Å²) in [6, 6.07) is 8.04. The molecule has 0 atom stereocenters. The molecule has 0 fully saturated rings. The maximum absolute atomic E-state index is 5.91. The van der Waals surface area contributed by atoms with Crippen LogP contribution >= 0.6 is 0 Å². The van der Waals surface area contributed by atoms with Crippen LogP contribution < -0.4 is 5.84 Å². The van der Waals surface area contributed by atoms with E-state index in [2.05, 4.69) is 6.07 Å². The first-order chi connectivity index (χ1) is 7.20. The number of benzene rings is 1. The fourth-order valence-corrected chi connectivity index (χ4v) is 2.14. The van der Waals surface area contributed by atoms with E-state index in [0.717, 1.165) is 33.3 Å². The Hall–Kier alpha value is -1.90. The Morgan fingerprint density at radius 3 is 2.67 bits per heavy atom. The largest absolute Gasteiger partial charge is 0.454 e. The molecule has 1 aromatic carbocycles. The fourth-order valence-electron chi connectivity index (χ4n) is 2.14. The lowest BCUT2D eigenvalue weighted by Crippen LogP contribution is -2.11. The number of furan rings is 1. The number of nitrogens with zero attached hydrogens (tertiary/aromatic N) is 1. The molecule has 0 aliphatic rings. The van der Waals surface area contributed by atoms with Crippen LogP contribution in [0.5, 0.6) is 0 Å². The molecule has 0 radical (unpaired) electrons. The second kappa shape index (κ2) is 2.57. The highest BCUT2D eigenvalue weighted by Gasteiger charge is 2.16. The monoisotopic (exact) mass is 200 g/mol. The summed E-state index contributed by atoms with van der Waals surface area (Å²) in [5.41, 5.74) is 3.84. The van der Waals surface area contributed by atoms with Crippen LogP contribution in [0.2, 0.25) is 0 Å². The summed E-state index contributed by atoms with van der Waals surface area (Å²) in [4.78, 5) is 0. The van der Waals surface area contributed by atoms with Crippen LogP contribution in [-0.2, 0) is 0 Å². The van der Waals surface area contributed by atoms with Crippen LogP contribution in [0.3, 0.4) is 0 Å². The second-order valence-corrected chi connectivity index (χ2v) is 3.84. The van der Waals surface area contributed by atoms with E-state index in [-0.39, 0.29) is 0 Å². The van der Waals surface area contributed by atoms with E-state index < -0.39 is 0 Å². The molecule has 3 rings (SSSR count). The van der Waals surface area contributed by atoms with Crippen molar-refractivity contribution in [3.63, 3.8) is 0 Å². The lowest BCUT2D eigenvalue weighted by molar-refractivity contribution is 0.661. The maximum Gasteiger partial charge on any atom is 0.158 e. The van der Waals surface area contributed by atoms with Crippen LogP contribution in [0.4, 0.5) is 0 Å². The number of nitrogen functional groups attached to an aromatic ring is 1. The second-order valence-electron chi connectivity index (χ2n) is 3.84. The average molecular weight is 200 g/mol. The van der Waals surface area contributed by atoms with Gasteiger partial charge in [0.05, 0.1) is 11.1 Å². The van der Waals surface area contributed by atoms with Crippen molar-refractivity contribution in [3.05, 3.63) is 35.7 Å². The summed E-state index contributed by atoms with van der Waals surface area (Å²) in [7, 11) is 0. The lowest BCUT2D eigenvalue weighted by atomic mass is 10.2. The summed E-state index contributed by atoms with van der Waals surface area (Å²) >= 11 is 0. The fraction of sp³-hybridized carbons (Fsp3) is 0.167. The van der Waals surface area contributed by atoms with Crippen molar-refractivity contribution in [3.8, 4) is 0 Å². The number of rotatable bonds is 0. The van der Waals surface area contributed by atoms with E-state index in [1.54, 1.807) is 4.68 Å². The minimum atomic E-state index is 0.899. The third-order valence-corrected chi connectivity index (χ3v) is 3.01. The Kier molecular flexibility index (Phi) is 1.44. The highest BCUT2D eigenvalue weighted by Crippen LogP contribution is 2.33. The van der Waals surface area contributed by atoms with Gasteiger partial charge in [-0.3, -0.25) is 4.68 Å². The number of aryl methyl sites for hydroxylation is 2. The summed E-state index contributed by atoms with van der Waals surface area (Å²) < 4.78 is 7.47. The van der Waals surface area contributed by atoms with Gasteiger partial charge in [-0.1, -0.05) is 18.2 Å². The predicted octanol–water partition coefficient (Wildman–Crippen LogP) is 2.72. The topological polar surface area (TPSA) is 44.1 Å². The molecule has 0 bridgehead atoms. The maximum atomic E-state index is 5.91. The number of aromatic nitrogens is 1. The van der Waals surface area contributed by atoms with Gasteiger partial charge in [0.25, 0.3) is 0 Å². The van der Waals surface area contributed by atoms with Gasteiger partial charge in [-0.2, -0.15) is 0 Å². The smallest absolute Gasteiger partial charge is 0.158 e. The van der Waals surface area contributed by atoms with E-state index in [4.69, 9.17) is 10.3 Å². The van der Waals surface area contributed by atoms with E-state index in [1.807, 2.05) is 32.0 Å². The number of para-hydroxylation sites is 1. The molecule has 0 spiro atoms. The molecule has 0 saturated heterocycles. The third-order valence-electron chi connectivity index (χ3n) is 3.01. The summed E-state index contributed by atoms with van der Waals surface area (Å²) in [5.74, 6) is 5.91. The van der Waals surface area contributed by atoms with E-state index in [0.29, 0.717) is 0 Å². The summed E-state index contributed by atoms with van der Waals surface area (Å²) in [6.45, 7) is 3.98. The molecule has 0 unspecified atom stereocenters. The quantitative estimate of drug-likeness (QED) is 0.567. The Labute approximate surface area is 87.0 Å². The van der Waals surface area contributed by atoms with Crippen LogP contribution in [0.25, 0.3) is 21.9 Å². The van der Waals surface area contributed by atoms with Crippen LogP contribution in [0.15, 0.2) is 28.7 Å². The van der Waals surface area contributed by atoms with Gasteiger partial charge in [0.2, 0.25) is 0 Å². The highest BCUT2D eigenvalue weighted by atomic mass is 16.3. The standard InChI is InChI=1S/C12H12N2O/c1-7-11-9-5-3-4-6-10(9)15-12(11)8(2)14(7)13/h3-6H,13H2,1-2H3. The molecule has 76 valence electrons. The molecule has 2 heterocycles. The van der Waals surface area contributed by atoms with Gasteiger partial charge in [0, 0.05) is 11.1 Å². The molecule has 3 nitrogen and oxygen atoms in total. The van der Waals surface area contributed by atoms with Crippen molar-refractivity contribution in [2.75, 3.05) is 5.84 Å². The van der Waals surface area contributed by atoms with Crippen molar-refractivity contribution >= 4 is 21.9 Å². The lowest BCUT2D eigenvalue weighted by Gasteiger charge is -1.98. The molecule has 0 amide bonds. The van der Waals surface area contributed by atoms with Gasteiger partial charge in [0.15, 0.2) is 5.58 Å². The number of nitrogens with two attached hydrogens (primary N) is 1. The van der Waals surface area contributed by atoms with Crippen LogP contribution in [0.1, 0.15) is 11.4 Å².